The molecule has 0 fully saturated rings. The summed E-state index contributed by atoms with van der Waals surface area (Å²) in [5, 5.41) is 10.2. The van der Waals surface area contributed by atoms with Gasteiger partial charge in [-0.1, -0.05) is 48.0 Å². The number of aryl methyl sites for hydroxylation is 1. The Balaban J connectivity index is 1.94. The molecule has 0 aliphatic carbocycles. The summed E-state index contributed by atoms with van der Waals surface area (Å²) in [4.78, 5) is 0. The summed E-state index contributed by atoms with van der Waals surface area (Å²) in [5.74, 6) is 0.794. The number of para-hydroxylation sites is 1. The molecule has 1 N–H and O–H groups in total. The third-order valence-corrected chi connectivity index (χ3v) is 3.40. The van der Waals surface area contributed by atoms with Gasteiger partial charge in [-0.25, -0.2) is 0 Å². The zero-order valence-corrected chi connectivity index (χ0v) is 10.3. The third-order valence-electron chi connectivity index (χ3n) is 3.40. The molecule has 1 aliphatic heterocycles. The van der Waals surface area contributed by atoms with Gasteiger partial charge in [-0.2, -0.15) is 0 Å². The summed E-state index contributed by atoms with van der Waals surface area (Å²) >= 11 is 0. The third kappa shape index (κ3) is 2.00. The SMILES string of the molecule is Cc1cccc(C2C[C@H](O)c3ccccc3O2)c1. The van der Waals surface area contributed by atoms with Crippen molar-refractivity contribution in [2.24, 2.45) is 0 Å². The molecule has 0 spiro atoms. The second-order valence-electron chi connectivity index (χ2n) is 4.81. The molecule has 0 amide bonds. The van der Waals surface area contributed by atoms with Gasteiger partial charge < -0.3 is 9.84 Å². The standard InChI is InChI=1S/C16H16O2/c1-11-5-4-6-12(9-11)16-10-14(17)13-7-2-3-8-15(13)18-16/h2-9,14,16-17H,10H2,1H3/t14-,16?/m0/s1. The lowest BCUT2D eigenvalue weighted by Crippen LogP contribution is -2.18. The molecule has 0 radical (unpaired) electrons. The fraction of sp³-hybridized carbons (Fsp3) is 0.250. The van der Waals surface area contributed by atoms with Gasteiger partial charge in [-0.3, -0.25) is 0 Å². The zero-order valence-electron chi connectivity index (χ0n) is 10.3. The highest BCUT2D eigenvalue weighted by atomic mass is 16.5. The van der Waals surface area contributed by atoms with Crippen LogP contribution in [0.2, 0.25) is 0 Å². The van der Waals surface area contributed by atoms with Crippen LogP contribution in [0.3, 0.4) is 0 Å². The summed E-state index contributed by atoms with van der Waals surface area (Å²) < 4.78 is 5.98. The Labute approximate surface area is 107 Å². The molecule has 92 valence electrons. The van der Waals surface area contributed by atoms with Gasteiger partial charge in [-0.05, 0) is 18.6 Å². The van der Waals surface area contributed by atoms with Crippen molar-refractivity contribution in [1.82, 2.24) is 0 Å². The zero-order chi connectivity index (χ0) is 12.5. The highest BCUT2D eigenvalue weighted by molar-refractivity contribution is 5.38. The van der Waals surface area contributed by atoms with Crippen molar-refractivity contribution in [2.45, 2.75) is 25.6 Å². The Hall–Kier alpha value is -1.80. The molecular weight excluding hydrogens is 224 g/mol. The number of aliphatic hydroxyl groups excluding tert-OH is 1. The first-order valence-electron chi connectivity index (χ1n) is 6.24. The van der Waals surface area contributed by atoms with Gasteiger partial charge in [0.15, 0.2) is 0 Å². The largest absolute Gasteiger partial charge is 0.485 e. The summed E-state index contributed by atoms with van der Waals surface area (Å²) in [7, 11) is 0. The molecule has 1 heterocycles. The van der Waals surface area contributed by atoms with Crippen LogP contribution in [0.5, 0.6) is 5.75 Å². The Bertz CT molecular complexity index is 563. The Kier molecular flexibility index (Phi) is 2.80. The van der Waals surface area contributed by atoms with Crippen molar-refractivity contribution in [3.63, 3.8) is 0 Å². The normalized spacial score (nSPS) is 22.1. The van der Waals surface area contributed by atoms with Crippen molar-refractivity contribution >= 4 is 0 Å². The molecule has 2 heteroatoms. The van der Waals surface area contributed by atoms with Crippen molar-refractivity contribution < 1.29 is 9.84 Å². The van der Waals surface area contributed by atoms with E-state index in [0.29, 0.717) is 6.42 Å². The van der Waals surface area contributed by atoms with E-state index in [-0.39, 0.29) is 6.10 Å². The molecule has 0 aromatic heterocycles. The highest BCUT2D eigenvalue weighted by Gasteiger charge is 2.27. The van der Waals surface area contributed by atoms with Crippen LogP contribution >= 0.6 is 0 Å². The maximum atomic E-state index is 10.2. The fourth-order valence-electron chi connectivity index (χ4n) is 2.47. The van der Waals surface area contributed by atoms with E-state index in [1.165, 1.54) is 5.56 Å². The van der Waals surface area contributed by atoms with Crippen molar-refractivity contribution in [2.75, 3.05) is 0 Å². The van der Waals surface area contributed by atoms with E-state index in [9.17, 15) is 5.11 Å². The maximum absolute atomic E-state index is 10.2. The molecule has 0 saturated heterocycles. The predicted octanol–water partition coefficient (Wildman–Crippen LogP) is 3.55. The Morgan fingerprint density at radius 3 is 2.78 bits per heavy atom. The monoisotopic (exact) mass is 240 g/mol. The van der Waals surface area contributed by atoms with E-state index in [1.807, 2.05) is 30.3 Å². The second-order valence-corrected chi connectivity index (χ2v) is 4.81. The number of aliphatic hydroxyl groups is 1. The lowest BCUT2D eigenvalue weighted by molar-refractivity contribution is 0.0657. The minimum Gasteiger partial charge on any atom is -0.485 e. The van der Waals surface area contributed by atoms with E-state index in [2.05, 4.69) is 25.1 Å². The molecular formula is C16H16O2. The molecule has 2 aromatic rings. The van der Waals surface area contributed by atoms with Gasteiger partial charge in [0.2, 0.25) is 0 Å². The first-order chi connectivity index (χ1) is 8.74. The van der Waals surface area contributed by atoms with Gasteiger partial charge in [0.25, 0.3) is 0 Å². The fourth-order valence-corrected chi connectivity index (χ4v) is 2.47. The summed E-state index contributed by atoms with van der Waals surface area (Å²) in [6.07, 6.45) is 0.107. The quantitative estimate of drug-likeness (QED) is 0.826. The van der Waals surface area contributed by atoms with Crippen LogP contribution in [0.1, 0.15) is 35.3 Å². The van der Waals surface area contributed by atoms with E-state index in [4.69, 9.17) is 4.74 Å². The van der Waals surface area contributed by atoms with Gasteiger partial charge in [0, 0.05) is 12.0 Å². The lowest BCUT2D eigenvalue weighted by Gasteiger charge is -2.30. The van der Waals surface area contributed by atoms with Gasteiger partial charge in [0.1, 0.15) is 11.9 Å². The first kappa shape index (κ1) is 11.3. The molecule has 2 aromatic carbocycles. The average Bonchev–Trinajstić information content (AvgIpc) is 2.39. The first-order valence-corrected chi connectivity index (χ1v) is 6.24. The van der Waals surface area contributed by atoms with Crippen LogP contribution in [-0.4, -0.2) is 5.11 Å². The minimum absolute atomic E-state index is 0.0604. The lowest BCUT2D eigenvalue weighted by atomic mass is 9.94. The molecule has 0 saturated carbocycles. The van der Waals surface area contributed by atoms with Crippen LogP contribution < -0.4 is 4.74 Å². The second kappa shape index (κ2) is 4.46. The number of ether oxygens (including phenoxy) is 1. The smallest absolute Gasteiger partial charge is 0.127 e. The molecule has 3 rings (SSSR count). The topological polar surface area (TPSA) is 29.5 Å². The van der Waals surface area contributed by atoms with Crippen LogP contribution in [0.15, 0.2) is 48.5 Å². The Morgan fingerprint density at radius 1 is 1.11 bits per heavy atom. The molecule has 0 bridgehead atoms. The van der Waals surface area contributed by atoms with E-state index < -0.39 is 6.10 Å². The number of rotatable bonds is 1. The molecule has 2 nitrogen and oxygen atoms in total. The van der Waals surface area contributed by atoms with Crippen LogP contribution in [0.4, 0.5) is 0 Å². The van der Waals surface area contributed by atoms with Crippen molar-refractivity contribution in [1.29, 1.82) is 0 Å². The van der Waals surface area contributed by atoms with Crippen molar-refractivity contribution in [3.05, 3.63) is 65.2 Å². The molecule has 18 heavy (non-hydrogen) atoms. The van der Waals surface area contributed by atoms with Gasteiger partial charge >= 0.3 is 0 Å². The maximum Gasteiger partial charge on any atom is 0.127 e. The molecule has 1 aliphatic rings. The van der Waals surface area contributed by atoms with Crippen LogP contribution in [-0.2, 0) is 0 Å². The van der Waals surface area contributed by atoms with E-state index >= 15 is 0 Å². The van der Waals surface area contributed by atoms with E-state index in [1.54, 1.807) is 0 Å². The van der Waals surface area contributed by atoms with Crippen molar-refractivity contribution in [3.8, 4) is 5.75 Å². The average molecular weight is 240 g/mol. The number of fused-ring (bicyclic) bond motifs is 1. The summed E-state index contributed by atoms with van der Waals surface area (Å²) in [6, 6.07) is 16.0. The van der Waals surface area contributed by atoms with Gasteiger partial charge in [0.05, 0.1) is 6.10 Å². The van der Waals surface area contributed by atoms with E-state index in [0.717, 1.165) is 16.9 Å². The number of benzene rings is 2. The highest BCUT2D eigenvalue weighted by Crippen LogP contribution is 2.40. The molecule has 2 atom stereocenters. The van der Waals surface area contributed by atoms with Crippen LogP contribution in [0.25, 0.3) is 0 Å². The van der Waals surface area contributed by atoms with Crippen LogP contribution in [0, 0.1) is 6.92 Å². The predicted molar refractivity (Wildman–Crippen MR) is 70.6 cm³/mol. The number of hydrogen-bond acceptors (Lipinski definition) is 2. The summed E-state index contributed by atoms with van der Waals surface area (Å²) in [6.45, 7) is 2.07. The van der Waals surface area contributed by atoms with Gasteiger partial charge in [-0.15, -0.1) is 0 Å². The summed E-state index contributed by atoms with van der Waals surface area (Å²) in [5.41, 5.74) is 3.23. The Morgan fingerprint density at radius 2 is 1.94 bits per heavy atom. The minimum atomic E-state index is -0.444. The number of hydrogen-bond donors (Lipinski definition) is 1. The molecule has 1 unspecified atom stereocenters.